The van der Waals surface area contributed by atoms with Crippen LogP contribution in [-0.4, -0.2) is 37.2 Å². The molecule has 1 saturated heterocycles. The maximum atomic E-state index is 13.9. The molecule has 37 heavy (non-hydrogen) atoms. The van der Waals surface area contributed by atoms with E-state index in [4.69, 9.17) is 5.73 Å². The number of hydrogen-bond acceptors (Lipinski definition) is 6. The van der Waals surface area contributed by atoms with Crippen LogP contribution in [0.5, 0.6) is 0 Å². The number of nitrogens with zero attached hydrogens (tertiary/aromatic N) is 4. The molecule has 0 radical (unpaired) electrons. The van der Waals surface area contributed by atoms with E-state index in [0.29, 0.717) is 29.4 Å². The molecular formula is C26H27F3N6O2. The first-order valence-corrected chi connectivity index (χ1v) is 12.3. The predicted molar refractivity (Wildman–Crippen MR) is 128 cm³/mol. The van der Waals surface area contributed by atoms with Gasteiger partial charge in [0.1, 0.15) is 12.0 Å². The molecule has 4 N–H and O–H groups in total. The molecule has 1 aromatic carbocycles. The first kappa shape index (κ1) is 23.9. The number of nitrogen functional groups attached to an aromatic ring is 1. The van der Waals surface area contributed by atoms with Gasteiger partial charge in [-0.05, 0) is 59.6 Å². The summed E-state index contributed by atoms with van der Waals surface area (Å²) in [5.74, 6) is 0.765. The summed E-state index contributed by atoms with van der Waals surface area (Å²) in [4.78, 5) is 17.9. The van der Waals surface area contributed by atoms with Gasteiger partial charge in [-0.25, -0.2) is 4.98 Å². The third-order valence-corrected chi connectivity index (χ3v) is 7.70. The van der Waals surface area contributed by atoms with E-state index >= 15 is 0 Å². The first-order chi connectivity index (χ1) is 17.7. The van der Waals surface area contributed by atoms with Crippen LogP contribution < -0.4 is 11.1 Å². The number of likely N-dealkylation sites (tertiary alicyclic amines) is 1. The zero-order valence-corrected chi connectivity index (χ0v) is 19.9. The number of alkyl halides is 3. The number of nitrogens with one attached hydrogen (secondary N) is 1. The number of rotatable bonds is 7. The van der Waals surface area contributed by atoms with E-state index in [1.54, 1.807) is 18.5 Å². The lowest BCUT2D eigenvalue weighted by Crippen LogP contribution is -2.29. The van der Waals surface area contributed by atoms with Crippen molar-refractivity contribution in [2.45, 2.75) is 50.8 Å². The zero-order valence-electron chi connectivity index (χ0n) is 19.9. The van der Waals surface area contributed by atoms with Crippen LogP contribution in [-0.2, 0) is 30.5 Å². The smallest absolute Gasteiger partial charge is 0.383 e. The van der Waals surface area contributed by atoms with Gasteiger partial charge in [-0.3, -0.25) is 14.8 Å². The van der Waals surface area contributed by atoms with Crippen molar-refractivity contribution in [1.29, 1.82) is 0 Å². The molecule has 3 aromatic rings. The first-order valence-electron chi connectivity index (χ1n) is 12.3. The summed E-state index contributed by atoms with van der Waals surface area (Å²) in [6, 6.07) is 6.01. The van der Waals surface area contributed by atoms with Crippen molar-refractivity contribution in [3.63, 3.8) is 0 Å². The predicted octanol–water partition coefficient (Wildman–Crippen LogP) is 3.17. The molecule has 1 saturated carbocycles. The summed E-state index contributed by atoms with van der Waals surface area (Å²) in [5.41, 5.74) is 8.24. The van der Waals surface area contributed by atoms with E-state index in [1.807, 2.05) is 6.07 Å². The topological polar surface area (TPSA) is 109 Å². The Kier molecular flexibility index (Phi) is 5.72. The number of aromatic nitrogens is 3. The third-order valence-electron chi connectivity index (χ3n) is 7.70. The number of pyridine rings is 1. The number of benzene rings is 1. The SMILES string of the molecule is Nc1nccc2c1CC[C@H]2NC(O)c1cnn(Cc2ccc(CN3CC4CC4C3=O)c(C(F)(F)F)c2)c1. The van der Waals surface area contributed by atoms with Crippen LogP contribution in [0.4, 0.5) is 19.0 Å². The summed E-state index contributed by atoms with van der Waals surface area (Å²) in [6.45, 7) is 0.611. The van der Waals surface area contributed by atoms with Crippen molar-refractivity contribution < 1.29 is 23.1 Å². The molecule has 3 unspecified atom stereocenters. The van der Waals surface area contributed by atoms with Gasteiger partial charge in [0, 0.05) is 43.0 Å². The van der Waals surface area contributed by atoms with Crippen LogP contribution in [0.25, 0.3) is 0 Å². The van der Waals surface area contributed by atoms with Gasteiger partial charge in [-0.2, -0.15) is 18.3 Å². The fourth-order valence-corrected chi connectivity index (χ4v) is 5.65. The van der Waals surface area contributed by atoms with Crippen LogP contribution >= 0.6 is 0 Å². The van der Waals surface area contributed by atoms with Gasteiger partial charge in [0.25, 0.3) is 0 Å². The lowest BCUT2D eigenvalue weighted by atomic mass is 10.0. The highest BCUT2D eigenvalue weighted by atomic mass is 19.4. The highest BCUT2D eigenvalue weighted by Crippen LogP contribution is 2.46. The van der Waals surface area contributed by atoms with Crippen LogP contribution in [0.2, 0.25) is 0 Å². The molecule has 6 rings (SSSR count). The van der Waals surface area contributed by atoms with Gasteiger partial charge in [0.15, 0.2) is 0 Å². The van der Waals surface area contributed by atoms with E-state index in [2.05, 4.69) is 15.4 Å². The molecule has 11 heteroatoms. The Hall–Kier alpha value is -3.44. The lowest BCUT2D eigenvalue weighted by molar-refractivity contribution is -0.139. The second-order valence-electron chi connectivity index (χ2n) is 10.2. The fraction of sp³-hybridized carbons (Fsp3) is 0.423. The van der Waals surface area contributed by atoms with Gasteiger partial charge in [0.2, 0.25) is 5.91 Å². The minimum atomic E-state index is -4.54. The fourth-order valence-electron chi connectivity index (χ4n) is 5.65. The van der Waals surface area contributed by atoms with E-state index in [0.717, 1.165) is 36.5 Å². The Morgan fingerprint density at radius 2 is 2.08 bits per heavy atom. The second-order valence-corrected chi connectivity index (χ2v) is 10.2. The third kappa shape index (κ3) is 4.57. The van der Waals surface area contributed by atoms with Crippen LogP contribution in [0.1, 0.15) is 58.5 Å². The summed E-state index contributed by atoms with van der Waals surface area (Å²) in [5, 5.41) is 18.1. The molecule has 2 aromatic heterocycles. The Labute approximate surface area is 211 Å². The molecule has 1 aliphatic heterocycles. The lowest BCUT2D eigenvalue weighted by Gasteiger charge is -2.21. The Morgan fingerprint density at radius 1 is 1.24 bits per heavy atom. The minimum absolute atomic E-state index is 0.00557. The van der Waals surface area contributed by atoms with Crippen molar-refractivity contribution in [2.75, 3.05) is 12.3 Å². The molecule has 8 nitrogen and oxygen atoms in total. The van der Waals surface area contributed by atoms with Gasteiger partial charge in [-0.1, -0.05) is 12.1 Å². The number of carbonyl (C=O) groups is 1. The van der Waals surface area contributed by atoms with Crippen LogP contribution in [0.15, 0.2) is 42.9 Å². The molecule has 2 fully saturated rings. The quantitative estimate of drug-likeness (QED) is 0.420. The van der Waals surface area contributed by atoms with Gasteiger partial charge in [0.05, 0.1) is 18.3 Å². The number of fused-ring (bicyclic) bond motifs is 2. The van der Waals surface area contributed by atoms with Crippen molar-refractivity contribution in [3.8, 4) is 0 Å². The number of aliphatic hydroxyl groups is 1. The Morgan fingerprint density at radius 3 is 2.84 bits per heavy atom. The van der Waals surface area contributed by atoms with Crippen LogP contribution in [0, 0.1) is 11.8 Å². The molecule has 3 aliphatic rings. The maximum Gasteiger partial charge on any atom is 0.416 e. The largest absolute Gasteiger partial charge is 0.416 e. The number of carbonyl (C=O) groups excluding carboxylic acids is 1. The molecule has 0 spiro atoms. The van der Waals surface area contributed by atoms with Crippen molar-refractivity contribution >= 4 is 11.7 Å². The number of nitrogens with two attached hydrogens (primary N) is 1. The standard InChI is InChI=1S/C26H27F3N6O2/c27-26(28,29)21-7-14(1-2-15(21)11-34-12-16-8-20(16)25(34)37)10-35-13-17(9-32-35)24(36)33-22-4-3-19-18(22)5-6-31-23(19)30/h1-2,5-7,9,13,16,20,22,24,33,36H,3-4,8,10-12H2,(H2,30,31)/t16?,20?,22-,24?/m1/s1. The van der Waals surface area contributed by atoms with Gasteiger partial charge < -0.3 is 15.7 Å². The highest BCUT2D eigenvalue weighted by molar-refractivity contribution is 5.84. The van der Waals surface area contributed by atoms with E-state index in [1.165, 1.54) is 21.8 Å². The number of amides is 1. The monoisotopic (exact) mass is 512 g/mol. The molecule has 3 heterocycles. The number of aliphatic hydroxyl groups excluding tert-OH is 1. The van der Waals surface area contributed by atoms with E-state index in [-0.39, 0.29) is 36.5 Å². The number of anilines is 1. The zero-order chi connectivity index (χ0) is 25.9. The van der Waals surface area contributed by atoms with E-state index < -0.39 is 18.0 Å². The van der Waals surface area contributed by atoms with Gasteiger partial charge in [-0.15, -0.1) is 0 Å². The Balaban J connectivity index is 1.14. The molecule has 0 bridgehead atoms. The number of halogens is 3. The number of hydrogen-bond donors (Lipinski definition) is 3. The Bertz CT molecular complexity index is 1360. The molecule has 2 aliphatic carbocycles. The minimum Gasteiger partial charge on any atom is -0.383 e. The second kappa shape index (κ2) is 8.84. The summed E-state index contributed by atoms with van der Waals surface area (Å²) in [6.07, 6.45) is 1.61. The van der Waals surface area contributed by atoms with Crippen molar-refractivity contribution in [1.82, 2.24) is 25.0 Å². The number of piperidine rings is 1. The normalized spacial score (nSPS) is 23.3. The van der Waals surface area contributed by atoms with Gasteiger partial charge >= 0.3 is 6.18 Å². The molecular weight excluding hydrogens is 485 g/mol. The van der Waals surface area contributed by atoms with Crippen molar-refractivity contribution in [2.24, 2.45) is 11.8 Å². The average Bonchev–Trinajstić information content (AvgIpc) is 3.13. The maximum absolute atomic E-state index is 13.9. The highest BCUT2D eigenvalue weighted by Gasteiger charge is 2.52. The van der Waals surface area contributed by atoms with Crippen LogP contribution in [0.3, 0.4) is 0 Å². The summed E-state index contributed by atoms with van der Waals surface area (Å²) in [7, 11) is 0. The average molecular weight is 513 g/mol. The summed E-state index contributed by atoms with van der Waals surface area (Å²) < 4.78 is 43.1. The molecule has 1 amide bonds. The van der Waals surface area contributed by atoms with E-state index in [9.17, 15) is 23.1 Å². The summed E-state index contributed by atoms with van der Waals surface area (Å²) >= 11 is 0. The molecule has 4 atom stereocenters. The molecule has 194 valence electrons. The van der Waals surface area contributed by atoms with Crippen molar-refractivity contribution in [3.05, 3.63) is 76.2 Å².